The van der Waals surface area contributed by atoms with Gasteiger partial charge in [0.2, 0.25) is 0 Å². The van der Waals surface area contributed by atoms with E-state index in [1.807, 2.05) is 25.1 Å². The lowest BCUT2D eigenvalue weighted by Gasteiger charge is -2.13. The molecule has 122 valence electrons. The van der Waals surface area contributed by atoms with Gasteiger partial charge >= 0.3 is 0 Å². The summed E-state index contributed by atoms with van der Waals surface area (Å²) < 4.78 is 0. The molecule has 0 bridgehead atoms. The largest absolute Gasteiger partial charge is 0.358 e. The molecule has 3 nitrogen and oxygen atoms in total. The highest BCUT2D eigenvalue weighted by Crippen LogP contribution is 2.22. The molecule has 2 aromatic carbocycles. The summed E-state index contributed by atoms with van der Waals surface area (Å²) in [7, 11) is 4.30. The van der Waals surface area contributed by atoms with E-state index in [9.17, 15) is 0 Å². The minimum absolute atomic E-state index is 0.595. The molecule has 2 rings (SSSR count). The van der Waals surface area contributed by atoms with Crippen molar-refractivity contribution in [3.63, 3.8) is 0 Å². The van der Waals surface area contributed by atoms with Crippen molar-refractivity contribution >= 4 is 34.6 Å². The second kappa shape index (κ2) is 8.29. The number of nitrogens with one attached hydrogen (secondary N) is 3. The van der Waals surface area contributed by atoms with Crippen molar-refractivity contribution in [1.29, 1.82) is 0 Å². The van der Waals surface area contributed by atoms with Crippen LogP contribution in [0.25, 0.3) is 0 Å². The Bertz CT molecular complexity index is 668. The SMILES string of the molecule is Cc1c(Cl)cccc1NC(=S)NCc1ccc(C[NH+](C)C)cc1. The highest BCUT2D eigenvalue weighted by Gasteiger charge is 2.04. The molecule has 0 fully saturated rings. The van der Waals surface area contributed by atoms with Crippen molar-refractivity contribution in [2.45, 2.75) is 20.0 Å². The monoisotopic (exact) mass is 348 g/mol. The molecule has 3 N–H and O–H groups in total. The topological polar surface area (TPSA) is 28.5 Å². The summed E-state index contributed by atoms with van der Waals surface area (Å²) in [6, 6.07) is 14.4. The summed E-state index contributed by atoms with van der Waals surface area (Å²) in [5.41, 5.74) is 4.46. The number of hydrogen-bond donors (Lipinski definition) is 3. The summed E-state index contributed by atoms with van der Waals surface area (Å²) in [6.45, 7) is 3.70. The molecule has 5 heteroatoms. The van der Waals surface area contributed by atoms with Crippen LogP contribution in [-0.4, -0.2) is 19.2 Å². The van der Waals surface area contributed by atoms with Crippen LogP contribution in [0.1, 0.15) is 16.7 Å². The van der Waals surface area contributed by atoms with Crippen LogP contribution in [0.15, 0.2) is 42.5 Å². The van der Waals surface area contributed by atoms with Gasteiger partial charge in [-0.3, -0.25) is 0 Å². The van der Waals surface area contributed by atoms with E-state index < -0.39 is 0 Å². The van der Waals surface area contributed by atoms with E-state index in [4.69, 9.17) is 23.8 Å². The van der Waals surface area contributed by atoms with Crippen molar-refractivity contribution in [3.8, 4) is 0 Å². The molecule has 0 aliphatic rings. The Labute approximate surface area is 148 Å². The first-order chi connectivity index (χ1) is 11.0. The maximum Gasteiger partial charge on any atom is 0.171 e. The molecule has 0 aliphatic carbocycles. The molecule has 0 aliphatic heterocycles. The molecular weight excluding hydrogens is 326 g/mol. The van der Waals surface area contributed by atoms with E-state index in [2.05, 4.69) is 49.0 Å². The molecular formula is C18H23ClN3S+. The smallest absolute Gasteiger partial charge is 0.171 e. The summed E-state index contributed by atoms with van der Waals surface area (Å²) >= 11 is 11.5. The van der Waals surface area contributed by atoms with Gasteiger partial charge in [-0.05, 0) is 42.4 Å². The minimum atomic E-state index is 0.595. The zero-order valence-corrected chi connectivity index (χ0v) is 15.3. The van der Waals surface area contributed by atoms with Crippen LogP contribution < -0.4 is 15.5 Å². The van der Waals surface area contributed by atoms with Gasteiger partial charge in [-0.2, -0.15) is 0 Å². The van der Waals surface area contributed by atoms with Crippen LogP contribution in [0.5, 0.6) is 0 Å². The lowest BCUT2D eigenvalue weighted by molar-refractivity contribution is -0.872. The van der Waals surface area contributed by atoms with E-state index in [-0.39, 0.29) is 0 Å². The van der Waals surface area contributed by atoms with Crippen molar-refractivity contribution in [2.24, 2.45) is 0 Å². The van der Waals surface area contributed by atoms with Gasteiger partial charge < -0.3 is 15.5 Å². The minimum Gasteiger partial charge on any atom is -0.358 e. The summed E-state index contributed by atoms with van der Waals surface area (Å²) in [6.07, 6.45) is 0. The second-order valence-corrected chi connectivity index (χ2v) is 6.74. The number of rotatable bonds is 5. The van der Waals surface area contributed by atoms with Crippen LogP contribution >= 0.6 is 23.8 Å². The number of anilines is 1. The van der Waals surface area contributed by atoms with Crippen molar-refractivity contribution in [3.05, 3.63) is 64.2 Å². The van der Waals surface area contributed by atoms with E-state index in [0.29, 0.717) is 11.7 Å². The molecule has 0 spiro atoms. The number of thiocarbonyl (C=S) groups is 1. The average molecular weight is 349 g/mol. The average Bonchev–Trinajstić information content (AvgIpc) is 2.51. The summed E-state index contributed by atoms with van der Waals surface area (Å²) in [5, 5.41) is 7.75. The highest BCUT2D eigenvalue weighted by molar-refractivity contribution is 7.80. The van der Waals surface area contributed by atoms with Gasteiger partial charge in [0.1, 0.15) is 6.54 Å². The first-order valence-electron chi connectivity index (χ1n) is 7.62. The number of quaternary nitrogens is 1. The van der Waals surface area contributed by atoms with Crippen LogP contribution in [-0.2, 0) is 13.1 Å². The fraction of sp³-hybridized carbons (Fsp3) is 0.278. The van der Waals surface area contributed by atoms with Crippen molar-refractivity contribution < 1.29 is 4.90 Å². The van der Waals surface area contributed by atoms with E-state index >= 15 is 0 Å². The quantitative estimate of drug-likeness (QED) is 0.726. The maximum absolute atomic E-state index is 6.12. The van der Waals surface area contributed by atoms with Crippen molar-refractivity contribution in [2.75, 3.05) is 19.4 Å². The Balaban J connectivity index is 1.88. The van der Waals surface area contributed by atoms with Crippen molar-refractivity contribution in [1.82, 2.24) is 5.32 Å². The van der Waals surface area contributed by atoms with Gasteiger partial charge in [0.05, 0.1) is 14.1 Å². The normalized spacial score (nSPS) is 10.7. The maximum atomic E-state index is 6.12. The Hall–Kier alpha value is -1.62. The Kier molecular flexibility index (Phi) is 6.39. The molecule has 0 saturated carbocycles. The molecule has 0 saturated heterocycles. The standard InChI is InChI=1S/C18H22ClN3S/c1-13-16(19)5-4-6-17(13)21-18(23)20-11-14-7-9-15(10-8-14)12-22(2)3/h4-10H,11-12H2,1-3H3,(H2,20,21,23)/p+1. The Morgan fingerprint density at radius 2 is 1.74 bits per heavy atom. The zero-order valence-electron chi connectivity index (χ0n) is 13.7. The van der Waals surface area contributed by atoms with E-state index in [0.717, 1.165) is 22.8 Å². The van der Waals surface area contributed by atoms with Gasteiger partial charge in [0.15, 0.2) is 5.11 Å². The number of halogens is 1. The van der Waals surface area contributed by atoms with Crippen LogP contribution in [0.3, 0.4) is 0 Å². The molecule has 0 unspecified atom stereocenters. The third-order valence-electron chi connectivity index (χ3n) is 3.55. The molecule has 0 aromatic heterocycles. The molecule has 0 amide bonds. The lowest BCUT2D eigenvalue weighted by atomic mass is 10.1. The second-order valence-electron chi connectivity index (χ2n) is 5.92. The first kappa shape index (κ1) is 17.7. The fourth-order valence-corrected chi connectivity index (χ4v) is 2.63. The predicted octanol–water partition coefficient (Wildman–Crippen LogP) is 2.78. The lowest BCUT2D eigenvalue weighted by Crippen LogP contribution is -3.04. The first-order valence-corrected chi connectivity index (χ1v) is 8.41. The Morgan fingerprint density at radius 3 is 2.39 bits per heavy atom. The van der Waals surface area contributed by atoms with Gasteiger partial charge in [-0.25, -0.2) is 0 Å². The van der Waals surface area contributed by atoms with E-state index in [1.165, 1.54) is 16.0 Å². The zero-order chi connectivity index (χ0) is 16.8. The van der Waals surface area contributed by atoms with Gasteiger partial charge in [0.25, 0.3) is 0 Å². The van der Waals surface area contributed by atoms with Gasteiger partial charge in [0, 0.05) is 22.8 Å². The molecule has 0 heterocycles. The molecule has 2 aromatic rings. The predicted molar refractivity (Wildman–Crippen MR) is 102 cm³/mol. The van der Waals surface area contributed by atoms with E-state index in [1.54, 1.807) is 0 Å². The van der Waals surface area contributed by atoms with Gasteiger partial charge in [-0.1, -0.05) is 41.9 Å². The molecule has 0 radical (unpaired) electrons. The highest BCUT2D eigenvalue weighted by atomic mass is 35.5. The number of benzene rings is 2. The third kappa shape index (κ3) is 5.50. The number of hydrogen-bond acceptors (Lipinski definition) is 1. The van der Waals surface area contributed by atoms with Gasteiger partial charge in [-0.15, -0.1) is 0 Å². The fourth-order valence-electron chi connectivity index (χ4n) is 2.27. The Morgan fingerprint density at radius 1 is 1.09 bits per heavy atom. The van der Waals surface area contributed by atoms with Crippen LogP contribution in [0.2, 0.25) is 5.02 Å². The summed E-state index contributed by atoms with van der Waals surface area (Å²) in [4.78, 5) is 1.41. The molecule has 0 atom stereocenters. The molecule has 23 heavy (non-hydrogen) atoms. The van der Waals surface area contributed by atoms with Crippen LogP contribution in [0.4, 0.5) is 5.69 Å². The van der Waals surface area contributed by atoms with Crippen LogP contribution in [0, 0.1) is 6.92 Å². The third-order valence-corrected chi connectivity index (χ3v) is 4.21. The summed E-state index contributed by atoms with van der Waals surface area (Å²) in [5.74, 6) is 0.